The van der Waals surface area contributed by atoms with Gasteiger partial charge in [-0.25, -0.2) is 0 Å². The van der Waals surface area contributed by atoms with Crippen molar-refractivity contribution in [1.29, 1.82) is 0 Å². The maximum absolute atomic E-state index is 6.99. The van der Waals surface area contributed by atoms with Gasteiger partial charge in [0.05, 0.1) is 0 Å². The number of rotatable bonds is 3. The number of hydrogen-bond acceptors (Lipinski definition) is 1. The average Bonchev–Trinajstić information content (AvgIpc) is 2.86. The minimum atomic E-state index is 0.227. The van der Waals surface area contributed by atoms with E-state index in [2.05, 4.69) is 20.8 Å². The maximum atomic E-state index is 6.99. The van der Waals surface area contributed by atoms with Crippen LogP contribution >= 0.6 is 0 Å². The number of nitrogens with two attached hydrogens (primary N) is 1. The van der Waals surface area contributed by atoms with E-state index in [-0.39, 0.29) is 5.54 Å². The molecule has 0 aromatic carbocycles. The Morgan fingerprint density at radius 3 is 2.11 bits per heavy atom. The SMILES string of the molecule is CCCC1CC1(N)C12CC3CC(C)(CC(C)(C3)C1)C2. The predicted octanol–water partition coefficient (Wildman–Crippen LogP) is 4.50. The zero-order valence-corrected chi connectivity index (χ0v) is 13.1. The monoisotopic (exact) mass is 261 g/mol. The van der Waals surface area contributed by atoms with Crippen LogP contribution in [0.25, 0.3) is 0 Å². The van der Waals surface area contributed by atoms with Crippen LogP contribution in [0.1, 0.15) is 78.6 Å². The molecule has 0 heterocycles. The molecular weight excluding hydrogens is 230 g/mol. The summed E-state index contributed by atoms with van der Waals surface area (Å²) in [6, 6.07) is 0. The fourth-order valence-electron chi connectivity index (χ4n) is 7.67. The Kier molecular flexibility index (Phi) is 2.27. The summed E-state index contributed by atoms with van der Waals surface area (Å²) in [6.07, 6.45) is 12.9. The third-order valence-corrected chi connectivity index (χ3v) is 7.40. The average molecular weight is 261 g/mol. The highest BCUT2D eigenvalue weighted by atomic mass is 14.9. The molecule has 0 aromatic heterocycles. The first-order valence-corrected chi connectivity index (χ1v) is 8.61. The van der Waals surface area contributed by atoms with Crippen LogP contribution < -0.4 is 5.73 Å². The largest absolute Gasteiger partial charge is 0.324 e. The van der Waals surface area contributed by atoms with E-state index < -0.39 is 0 Å². The molecule has 5 saturated carbocycles. The van der Waals surface area contributed by atoms with Crippen LogP contribution in [-0.2, 0) is 0 Å². The molecule has 0 amide bonds. The zero-order valence-electron chi connectivity index (χ0n) is 13.1. The van der Waals surface area contributed by atoms with Gasteiger partial charge in [0.15, 0.2) is 0 Å². The van der Waals surface area contributed by atoms with Crippen molar-refractivity contribution >= 4 is 0 Å². The van der Waals surface area contributed by atoms with E-state index in [0.29, 0.717) is 16.2 Å². The Morgan fingerprint density at radius 2 is 1.58 bits per heavy atom. The molecular formula is C18H31N. The van der Waals surface area contributed by atoms with E-state index >= 15 is 0 Å². The van der Waals surface area contributed by atoms with Crippen molar-refractivity contribution in [3.05, 3.63) is 0 Å². The van der Waals surface area contributed by atoms with Crippen molar-refractivity contribution in [3.63, 3.8) is 0 Å². The maximum Gasteiger partial charge on any atom is 0.0244 e. The molecule has 1 nitrogen and oxygen atoms in total. The molecule has 108 valence electrons. The van der Waals surface area contributed by atoms with Crippen LogP contribution in [0.5, 0.6) is 0 Å². The van der Waals surface area contributed by atoms with Gasteiger partial charge in [0.2, 0.25) is 0 Å². The summed E-state index contributed by atoms with van der Waals surface area (Å²) in [5, 5.41) is 0. The predicted molar refractivity (Wildman–Crippen MR) is 79.8 cm³/mol. The van der Waals surface area contributed by atoms with Gasteiger partial charge in [0.1, 0.15) is 0 Å². The molecule has 5 aliphatic rings. The summed E-state index contributed by atoms with van der Waals surface area (Å²) in [5.74, 6) is 1.84. The Hall–Kier alpha value is -0.0400. The summed E-state index contributed by atoms with van der Waals surface area (Å²) < 4.78 is 0. The zero-order chi connectivity index (χ0) is 13.5. The van der Waals surface area contributed by atoms with E-state index in [1.165, 1.54) is 57.8 Å². The van der Waals surface area contributed by atoms with Crippen LogP contribution in [0, 0.1) is 28.1 Å². The summed E-state index contributed by atoms with van der Waals surface area (Å²) in [5.41, 5.74) is 8.99. The van der Waals surface area contributed by atoms with Gasteiger partial charge < -0.3 is 5.73 Å². The molecule has 5 rings (SSSR count). The van der Waals surface area contributed by atoms with E-state index in [1.807, 2.05) is 0 Å². The van der Waals surface area contributed by atoms with Gasteiger partial charge in [-0.3, -0.25) is 0 Å². The topological polar surface area (TPSA) is 26.0 Å². The van der Waals surface area contributed by atoms with Crippen molar-refractivity contribution in [2.24, 2.45) is 33.8 Å². The normalized spacial score (nSPS) is 62.5. The van der Waals surface area contributed by atoms with Crippen molar-refractivity contribution < 1.29 is 0 Å². The second-order valence-electron chi connectivity index (χ2n) is 9.64. The Balaban J connectivity index is 1.68. The summed E-state index contributed by atoms with van der Waals surface area (Å²) in [7, 11) is 0. The first-order valence-electron chi connectivity index (χ1n) is 8.61. The van der Waals surface area contributed by atoms with Gasteiger partial charge in [-0.1, -0.05) is 27.2 Å². The van der Waals surface area contributed by atoms with Crippen molar-refractivity contribution in [2.75, 3.05) is 0 Å². The van der Waals surface area contributed by atoms with Crippen LogP contribution in [0.15, 0.2) is 0 Å². The lowest BCUT2D eigenvalue weighted by atomic mass is 9.38. The highest BCUT2D eigenvalue weighted by Gasteiger charge is 2.71. The third-order valence-electron chi connectivity index (χ3n) is 7.40. The smallest absolute Gasteiger partial charge is 0.0244 e. The van der Waals surface area contributed by atoms with Gasteiger partial charge in [0, 0.05) is 5.54 Å². The molecule has 0 aromatic rings. The number of hydrogen-bond donors (Lipinski definition) is 1. The summed E-state index contributed by atoms with van der Waals surface area (Å²) in [6.45, 7) is 7.47. The molecule has 0 spiro atoms. The van der Waals surface area contributed by atoms with Gasteiger partial charge in [0.25, 0.3) is 0 Å². The lowest BCUT2D eigenvalue weighted by molar-refractivity contribution is -0.160. The Bertz CT molecular complexity index is 396. The minimum Gasteiger partial charge on any atom is -0.324 e. The lowest BCUT2D eigenvalue weighted by Crippen LogP contribution is -2.62. The van der Waals surface area contributed by atoms with E-state index in [0.717, 1.165) is 11.8 Å². The first kappa shape index (κ1) is 12.7. The van der Waals surface area contributed by atoms with E-state index in [4.69, 9.17) is 5.73 Å². The fourth-order valence-corrected chi connectivity index (χ4v) is 7.67. The molecule has 2 N–H and O–H groups in total. The van der Waals surface area contributed by atoms with Crippen LogP contribution in [0.4, 0.5) is 0 Å². The van der Waals surface area contributed by atoms with Crippen LogP contribution in [0.2, 0.25) is 0 Å². The molecule has 0 radical (unpaired) electrons. The summed E-state index contributed by atoms with van der Waals surface area (Å²) in [4.78, 5) is 0. The molecule has 1 heteroatoms. The van der Waals surface area contributed by atoms with Gasteiger partial charge in [-0.05, 0) is 79.4 Å². The van der Waals surface area contributed by atoms with Gasteiger partial charge >= 0.3 is 0 Å². The molecule has 4 unspecified atom stereocenters. The fraction of sp³-hybridized carbons (Fsp3) is 1.00. The lowest BCUT2D eigenvalue weighted by Gasteiger charge is -2.67. The minimum absolute atomic E-state index is 0.227. The van der Waals surface area contributed by atoms with Crippen LogP contribution in [0.3, 0.4) is 0 Å². The summed E-state index contributed by atoms with van der Waals surface area (Å²) >= 11 is 0. The van der Waals surface area contributed by atoms with Crippen LogP contribution in [-0.4, -0.2) is 5.54 Å². The quantitative estimate of drug-likeness (QED) is 0.795. The molecule has 5 fully saturated rings. The standard InChI is InChI=1S/C18H31N/c1-4-5-14-9-18(14,19)17-8-13-6-15(2,11-17)10-16(3,7-13)12-17/h13-14H,4-12,19H2,1-3H3. The third kappa shape index (κ3) is 1.57. The van der Waals surface area contributed by atoms with Gasteiger partial charge in [-0.2, -0.15) is 0 Å². The molecule has 19 heavy (non-hydrogen) atoms. The van der Waals surface area contributed by atoms with Gasteiger partial charge in [-0.15, -0.1) is 0 Å². The Morgan fingerprint density at radius 1 is 0.947 bits per heavy atom. The van der Waals surface area contributed by atoms with E-state index in [1.54, 1.807) is 0 Å². The molecule has 0 saturated heterocycles. The second-order valence-corrected chi connectivity index (χ2v) is 9.64. The molecule has 5 aliphatic carbocycles. The van der Waals surface area contributed by atoms with E-state index in [9.17, 15) is 0 Å². The molecule has 4 atom stereocenters. The highest BCUT2D eigenvalue weighted by Crippen LogP contribution is 2.76. The highest BCUT2D eigenvalue weighted by molar-refractivity contribution is 5.25. The molecule has 4 bridgehead atoms. The van der Waals surface area contributed by atoms with Crippen molar-refractivity contribution in [1.82, 2.24) is 0 Å². The first-order chi connectivity index (χ1) is 8.82. The second kappa shape index (κ2) is 3.40. The van der Waals surface area contributed by atoms with Crippen molar-refractivity contribution in [2.45, 2.75) is 84.1 Å². The van der Waals surface area contributed by atoms with Crippen molar-refractivity contribution in [3.8, 4) is 0 Å². The molecule has 0 aliphatic heterocycles. The Labute approximate surface area is 118 Å².